The molecule has 23 heavy (non-hydrogen) atoms. The van der Waals surface area contributed by atoms with Crippen LogP contribution in [0.5, 0.6) is 5.75 Å². The van der Waals surface area contributed by atoms with Crippen LogP contribution in [-0.2, 0) is 11.2 Å². The smallest absolute Gasteiger partial charge is 0.197 e. The van der Waals surface area contributed by atoms with Gasteiger partial charge in [-0.25, -0.2) is 0 Å². The number of rotatable bonds is 8. The molecule has 1 aliphatic rings. The van der Waals surface area contributed by atoms with Gasteiger partial charge in [0.2, 0.25) is 0 Å². The Hall–Kier alpha value is -1.46. The Balaban J connectivity index is 2.16. The van der Waals surface area contributed by atoms with Crippen LogP contribution < -0.4 is 15.4 Å². The zero-order chi connectivity index (χ0) is 16.7. The molecule has 0 saturated carbocycles. The van der Waals surface area contributed by atoms with E-state index in [2.05, 4.69) is 24.8 Å². The van der Waals surface area contributed by atoms with Crippen molar-refractivity contribution in [2.75, 3.05) is 36.9 Å². The highest BCUT2D eigenvalue weighted by Crippen LogP contribution is 2.35. The van der Waals surface area contributed by atoms with Crippen molar-refractivity contribution in [2.24, 2.45) is 0 Å². The monoisotopic (exact) mass is 322 g/mol. The first-order chi connectivity index (χ1) is 11.2. The van der Waals surface area contributed by atoms with Crippen LogP contribution in [0, 0.1) is 0 Å². The Morgan fingerprint density at radius 3 is 2.65 bits per heavy atom. The van der Waals surface area contributed by atoms with Gasteiger partial charge in [0.1, 0.15) is 5.75 Å². The van der Waals surface area contributed by atoms with E-state index in [0.717, 1.165) is 55.7 Å². The van der Waals surface area contributed by atoms with Crippen molar-refractivity contribution >= 4 is 11.4 Å². The number of benzene rings is 1. The average molecular weight is 322 g/mol. The quantitative estimate of drug-likeness (QED) is 0.437. The maximum Gasteiger partial charge on any atom is 0.197 e. The minimum Gasteiger partial charge on any atom is -0.463 e. The molecule has 2 rings (SSSR count). The first-order valence-electron chi connectivity index (χ1n) is 8.75. The van der Waals surface area contributed by atoms with E-state index in [0.29, 0.717) is 25.4 Å². The van der Waals surface area contributed by atoms with Crippen LogP contribution in [0.4, 0.5) is 11.4 Å². The maximum atomic E-state index is 10.2. The highest BCUT2D eigenvalue weighted by Gasteiger charge is 2.19. The van der Waals surface area contributed by atoms with E-state index in [1.807, 2.05) is 6.07 Å². The third-order valence-electron chi connectivity index (χ3n) is 4.27. The van der Waals surface area contributed by atoms with Gasteiger partial charge in [-0.1, -0.05) is 26.7 Å². The predicted molar refractivity (Wildman–Crippen MR) is 94.0 cm³/mol. The van der Waals surface area contributed by atoms with Gasteiger partial charge in [-0.15, -0.1) is 0 Å². The van der Waals surface area contributed by atoms with Gasteiger partial charge in [-0.05, 0) is 24.5 Å². The Bertz CT molecular complexity index is 487. The minimum absolute atomic E-state index is 0.645. The second kappa shape index (κ2) is 8.99. The zero-order valence-corrected chi connectivity index (χ0v) is 14.4. The molecule has 1 aromatic rings. The molecule has 0 aromatic heterocycles. The molecule has 1 aromatic carbocycles. The highest BCUT2D eigenvalue weighted by molar-refractivity contribution is 5.67. The van der Waals surface area contributed by atoms with Crippen LogP contribution in [-0.4, -0.2) is 37.7 Å². The van der Waals surface area contributed by atoms with Crippen molar-refractivity contribution in [3.05, 3.63) is 17.7 Å². The fourth-order valence-electron chi connectivity index (χ4n) is 2.85. The summed E-state index contributed by atoms with van der Waals surface area (Å²) in [6, 6.07) is 3.95. The summed E-state index contributed by atoms with van der Waals surface area (Å²) in [5, 5.41) is 10.2. The molecule has 5 nitrogen and oxygen atoms in total. The fraction of sp³-hybridized carbons (Fsp3) is 0.667. The molecule has 1 aliphatic heterocycles. The number of morpholine rings is 1. The lowest BCUT2D eigenvalue weighted by Crippen LogP contribution is -2.36. The van der Waals surface area contributed by atoms with Gasteiger partial charge < -0.3 is 25.2 Å². The number of ether oxygens (including phenoxy) is 2. The summed E-state index contributed by atoms with van der Waals surface area (Å²) in [5.41, 5.74) is 8.96. The third-order valence-corrected chi connectivity index (χ3v) is 4.27. The molecule has 1 unspecified atom stereocenters. The van der Waals surface area contributed by atoms with E-state index in [-0.39, 0.29) is 0 Å². The number of aryl methyl sites for hydroxylation is 1. The summed E-state index contributed by atoms with van der Waals surface area (Å²) < 4.78 is 11.3. The minimum atomic E-state index is -0.784. The van der Waals surface area contributed by atoms with Gasteiger partial charge in [0.05, 0.1) is 18.9 Å². The van der Waals surface area contributed by atoms with E-state index in [1.165, 1.54) is 0 Å². The molecule has 0 bridgehead atoms. The number of aliphatic hydroxyl groups is 1. The molecule has 5 heteroatoms. The van der Waals surface area contributed by atoms with Crippen LogP contribution in [0.25, 0.3) is 0 Å². The summed E-state index contributed by atoms with van der Waals surface area (Å²) in [7, 11) is 0. The van der Waals surface area contributed by atoms with E-state index in [1.54, 1.807) is 0 Å². The summed E-state index contributed by atoms with van der Waals surface area (Å²) >= 11 is 0. The highest BCUT2D eigenvalue weighted by atomic mass is 16.6. The number of aliphatic hydroxyl groups excluding tert-OH is 1. The molecule has 130 valence electrons. The van der Waals surface area contributed by atoms with Crippen molar-refractivity contribution < 1.29 is 14.6 Å². The number of nitrogens with two attached hydrogens (primary N) is 1. The average Bonchev–Trinajstić information content (AvgIpc) is 2.56. The maximum absolute atomic E-state index is 10.2. The molecule has 0 spiro atoms. The number of unbranched alkanes of at least 4 members (excludes halogenated alkanes) is 2. The molecule has 0 aliphatic carbocycles. The van der Waals surface area contributed by atoms with Gasteiger partial charge in [-0.3, -0.25) is 0 Å². The number of hydrogen-bond acceptors (Lipinski definition) is 5. The van der Waals surface area contributed by atoms with E-state index >= 15 is 0 Å². The first-order valence-corrected chi connectivity index (χ1v) is 8.75. The van der Waals surface area contributed by atoms with Crippen molar-refractivity contribution in [2.45, 2.75) is 52.2 Å². The molecule has 1 atom stereocenters. The molecule has 0 radical (unpaired) electrons. The predicted octanol–water partition coefficient (Wildman–Crippen LogP) is 2.95. The number of anilines is 2. The molecular formula is C18H30N2O3. The Kier molecular flexibility index (Phi) is 6.99. The Morgan fingerprint density at radius 1 is 1.26 bits per heavy atom. The summed E-state index contributed by atoms with van der Waals surface area (Å²) in [6.07, 6.45) is 3.94. The molecule has 3 N–H and O–H groups in total. The summed E-state index contributed by atoms with van der Waals surface area (Å²) in [4.78, 5) is 2.25. The largest absolute Gasteiger partial charge is 0.463 e. The topological polar surface area (TPSA) is 68.0 Å². The van der Waals surface area contributed by atoms with Gasteiger partial charge in [0.15, 0.2) is 6.29 Å². The van der Waals surface area contributed by atoms with Crippen molar-refractivity contribution in [3.8, 4) is 5.75 Å². The fourth-order valence-corrected chi connectivity index (χ4v) is 2.85. The molecule has 1 saturated heterocycles. The Labute approximate surface area is 139 Å². The van der Waals surface area contributed by atoms with Crippen LogP contribution >= 0.6 is 0 Å². The van der Waals surface area contributed by atoms with Crippen molar-refractivity contribution in [1.82, 2.24) is 0 Å². The lowest BCUT2D eigenvalue weighted by atomic mass is 10.1. The zero-order valence-electron chi connectivity index (χ0n) is 14.4. The van der Waals surface area contributed by atoms with E-state index in [4.69, 9.17) is 15.2 Å². The van der Waals surface area contributed by atoms with Gasteiger partial charge in [0, 0.05) is 31.3 Å². The second-order valence-electron chi connectivity index (χ2n) is 6.04. The van der Waals surface area contributed by atoms with Gasteiger partial charge in [-0.2, -0.15) is 0 Å². The third kappa shape index (κ3) is 5.01. The summed E-state index contributed by atoms with van der Waals surface area (Å²) in [6.45, 7) is 7.32. The Morgan fingerprint density at radius 2 is 2.00 bits per heavy atom. The lowest BCUT2D eigenvalue weighted by Gasteiger charge is -2.31. The van der Waals surface area contributed by atoms with Crippen LogP contribution in [0.1, 0.15) is 45.1 Å². The van der Waals surface area contributed by atoms with Crippen LogP contribution in [0.15, 0.2) is 12.1 Å². The second-order valence-corrected chi connectivity index (χ2v) is 6.04. The first kappa shape index (κ1) is 17.9. The van der Waals surface area contributed by atoms with Crippen LogP contribution in [0.3, 0.4) is 0 Å². The number of hydrogen-bond donors (Lipinski definition) is 2. The molecule has 1 fully saturated rings. The standard InChI is InChI=1S/C18H30N2O3/c1-3-5-6-7-18(21)23-17-13-15(19)14(4-2)12-16(17)20-8-10-22-11-9-20/h12-13,18,21H,3-11,19H2,1-2H3. The summed E-state index contributed by atoms with van der Waals surface area (Å²) in [5.74, 6) is 0.672. The van der Waals surface area contributed by atoms with E-state index in [9.17, 15) is 5.11 Å². The molecule has 0 amide bonds. The lowest BCUT2D eigenvalue weighted by molar-refractivity contribution is -0.0242. The van der Waals surface area contributed by atoms with Gasteiger partial charge >= 0.3 is 0 Å². The van der Waals surface area contributed by atoms with Gasteiger partial charge in [0.25, 0.3) is 0 Å². The number of nitrogens with zero attached hydrogens (tertiary/aromatic N) is 1. The SMILES string of the molecule is CCCCCC(O)Oc1cc(N)c(CC)cc1N1CCOCC1. The molecule has 1 heterocycles. The normalized spacial score (nSPS) is 16.4. The number of nitrogen functional groups attached to an aromatic ring is 1. The van der Waals surface area contributed by atoms with Crippen molar-refractivity contribution in [3.63, 3.8) is 0 Å². The van der Waals surface area contributed by atoms with Crippen molar-refractivity contribution in [1.29, 1.82) is 0 Å². The molecular weight excluding hydrogens is 292 g/mol. The van der Waals surface area contributed by atoms with Crippen LogP contribution in [0.2, 0.25) is 0 Å². The van der Waals surface area contributed by atoms with E-state index < -0.39 is 6.29 Å².